The fourth-order valence-corrected chi connectivity index (χ4v) is 9.39. The van der Waals surface area contributed by atoms with Gasteiger partial charge in [-0.1, -0.05) is 81.4 Å². The first-order valence-corrected chi connectivity index (χ1v) is 13.8. The van der Waals surface area contributed by atoms with E-state index in [1.54, 1.807) is 0 Å². The molecule has 0 aromatic heterocycles. The second-order valence-electron chi connectivity index (χ2n) is 9.78. The van der Waals surface area contributed by atoms with E-state index in [1.165, 1.54) is 21.0 Å². The number of carbonyl (C=O) groups excluding carboxylic acids is 2. The summed E-state index contributed by atoms with van der Waals surface area (Å²) < 4.78 is 29.4. The maximum atomic E-state index is 11.8. The van der Waals surface area contributed by atoms with Gasteiger partial charge in [-0.25, -0.2) is 0 Å². The first-order chi connectivity index (χ1) is 16.6. The minimum atomic E-state index is -2.81. The SMILES string of the molecule is CO[C@@H](OC(C)=O)[C@@H]1C[C@H](OC(C)=O)[C@@H](CO[Si](c2ccccc2)(c2ccccc2)C(C)(C)C)O1. The van der Waals surface area contributed by atoms with Crippen LogP contribution in [0.25, 0.3) is 0 Å². The maximum Gasteiger partial charge on any atom is 0.305 e. The van der Waals surface area contributed by atoms with Gasteiger partial charge in [0.1, 0.15) is 18.3 Å². The molecule has 7 nitrogen and oxygen atoms in total. The van der Waals surface area contributed by atoms with Gasteiger partial charge in [0.15, 0.2) is 0 Å². The molecule has 8 heteroatoms. The summed E-state index contributed by atoms with van der Waals surface area (Å²) in [6.07, 6.45) is -2.24. The van der Waals surface area contributed by atoms with Gasteiger partial charge < -0.3 is 23.4 Å². The van der Waals surface area contributed by atoms with Crippen LogP contribution in [-0.4, -0.2) is 58.6 Å². The Bertz CT molecular complexity index is 935. The molecule has 3 rings (SSSR count). The van der Waals surface area contributed by atoms with E-state index in [2.05, 4.69) is 45.0 Å². The van der Waals surface area contributed by atoms with Crippen LogP contribution in [0.3, 0.4) is 0 Å². The largest absolute Gasteiger partial charge is 0.460 e. The van der Waals surface area contributed by atoms with Crippen LogP contribution in [0.4, 0.5) is 0 Å². The van der Waals surface area contributed by atoms with E-state index in [4.69, 9.17) is 23.4 Å². The smallest absolute Gasteiger partial charge is 0.305 e. The molecule has 0 amide bonds. The van der Waals surface area contributed by atoms with Crippen molar-refractivity contribution in [1.29, 1.82) is 0 Å². The molecule has 0 radical (unpaired) electrons. The Morgan fingerprint density at radius 1 is 0.971 bits per heavy atom. The fourth-order valence-electron chi connectivity index (χ4n) is 4.82. The number of hydrogen-bond acceptors (Lipinski definition) is 7. The van der Waals surface area contributed by atoms with Crippen molar-refractivity contribution in [3.63, 3.8) is 0 Å². The van der Waals surface area contributed by atoms with Gasteiger partial charge in [-0.05, 0) is 15.4 Å². The summed E-state index contributed by atoms with van der Waals surface area (Å²) in [6, 6.07) is 20.6. The molecule has 2 aromatic carbocycles. The van der Waals surface area contributed by atoms with Crippen molar-refractivity contribution in [2.75, 3.05) is 13.7 Å². The number of esters is 2. The minimum absolute atomic E-state index is 0.207. The van der Waals surface area contributed by atoms with E-state index >= 15 is 0 Å². The Labute approximate surface area is 208 Å². The Hall–Kier alpha value is -2.52. The van der Waals surface area contributed by atoms with Gasteiger partial charge in [0.05, 0.1) is 6.61 Å². The van der Waals surface area contributed by atoms with E-state index in [9.17, 15) is 9.59 Å². The maximum absolute atomic E-state index is 11.8. The second kappa shape index (κ2) is 11.5. The molecule has 0 saturated carbocycles. The van der Waals surface area contributed by atoms with Crippen LogP contribution in [0.2, 0.25) is 5.04 Å². The summed E-state index contributed by atoms with van der Waals surface area (Å²) in [7, 11) is -1.36. The lowest BCUT2D eigenvalue weighted by atomic mass is 10.1. The highest BCUT2D eigenvalue weighted by atomic mass is 28.4. The Morgan fingerprint density at radius 2 is 1.51 bits per heavy atom. The van der Waals surface area contributed by atoms with Crippen molar-refractivity contribution in [1.82, 2.24) is 0 Å². The summed E-state index contributed by atoms with van der Waals surface area (Å²) in [5, 5.41) is 2.08. The number of methoxy groups -OCH3 is 1. The van der Waals surface area contributed by atoms with E-state index in [0.29, 0.717) is 6.42 Å². The zero-order chi connectivity index (χ0) is 25.6. The molecule has 1 aliphatic heterocycles. The van der Waals surface area contributed by atoms with E-state index in [1.807, 2.05) is 36.4 Å². The van der Waals surface area contributed by atoms with Gasteiger partial charge in [-0.2, -0.15) is 0 Å². The number of carbonyl (C=O) groups is 2. The average Bonchev–Trinajstić information content (AvgIpc) is 3.20. The molecule has 190 valence electrons. The molecule has 1 heterocycles. The quantitative estimate of drug-likeness (QED) is 0.297. The van der Waals surface area contributed by atoms with Gasteiger partial charge >= 0.3 is 11.9 Å². The molecule has 1 aliphatic rings. The zero-order valence-electron chi connectivity index (χ0n) is 21.4. The predicted octanol–water partition coefficient (Wildman–Crippen LogP) is 3.19. The average molecular weight is 501 g/mol. The molecule has 0 unspecified atom stereocenters. The second-order valence-corrected chi connectivity index (χ2v) is 14.1. The molecule has 1 saturated heterocycles. The molecular weight excluding hydrogens is 464 g/mol. The predicted molar refractivity (Wildman–Crippen MR) is 135 cm³/mol. The minimum Gasteiger partial charge on any atom is -0.460 e. The summed E-state index contributed by atoms with van der Waals surface area (Å²) in [5.74, 6) is -0.882. The van der Waals surface area contributed by atoms with Crippen molar-refractivity contribution in [2.24, 2.45) is 0 Å². The first-order valence-electron chi connectivity index (χ1n) is 11.9. The van der Waals surface area contributed by atoms with Crippen LogP contribution in [0.5, 0.6) is 0 Å². The summed E-state index contributed by atoms with van der Waals surface area (Å²) in [4.78, 5) is 23.4. The lowest BCUT2D eigenvalue weighted by Crippen LogP contribution is -2.67. The summed E-state index contributed by atoms with van der Waals surface area (Å²) in [6.45, 7) is 9.48. The van der Waals surface area contributed by atoms with Crippen molar-refractivity contribution in [3.8, 4) is 0 Å². The number of benzene rings is 2. The van der Waals surface area contributed by atoms with Gasteiger partial charge in [-0.3, -0.25) is 9.59 Å². The molecule has 0 aliphatic carbocycles. The topological polar surface area (TPSA) is 80.3 Å². The molecule has 0 bridgehead atoms. The first kappa shape index (κ1) is 27.1. The highest BCUT2D eigenvalue weighted by molar-refractivity contribution is 6.99. The van der Waals surface area contributed by atoms with E-state index in [0.717, 1.165) is 10.4 Å². The van der Waals surface area contributed by atoms with Crippen LogP contribution in [-0.2, 0) is 33.0 Å². The van der Waals surface area contributed by atoms with Crippen LogP contribution in [0.1, 0.15) is 41.0 Å². The highest BCUT2D eigenvalue weighted by Crippen LogP contribution is 2.38. The number of rotatable bonds is 9. The van der Waals surface area contributed by atoms with Gasteiger partial charge in [0, 0.05) is 27.4 Å². The van der Waals surface area contributed by atoms with Crippen molar-refractivity contribution in [2.45, 2.75) is 70.7 Å². The third-order valence-electron chi connectivity index (χ3n) is 6.25. The molecule has 0 spiro atoms. The molecule has 1 fully saturated rings. The molecular formula is C27H36O7Si. The lowest BCUT2D eigenvalue weighted by molar-refractivity contribution is -0.199. The van der Waals surface area contributed by atoms with E-state index < -0.39 is 44.9 Å². The fraction of sp³-hybridized carbons (Fsp3) is 0.481. The number of ether oxygens (including phenoxy) is 4. The third kappa shape index (κ3) is 6.19. The summed E-state index contributed by atoms with van der Waals surface area (Å²) >= 11 is 0. The van der Waals surface area contributed by atoms with Gasteiger partial charge in [0.25, 0.3) is 8.32 Å². The van der Waals surface area contributed by atoms with E-state index in [-0.39, 0.29) is 11.6 Å². The zero-order valence-corrected chi connectivity index (χ0v) is 22.4. The van der Waals surface area contributed by atoms with Crippen molar-refractivity contribution < 1.29 is 33.0 Å². The van der Waals surface area contributed by atoms with Gasteiger partial charge in [0.2, 0.25) is 6.29 Å². The van der Waals surface area contributed by atoms with Gasteiger partial charge in [-0.15, -0.1) is 0 Å². The molecule has 4 atom stereocenters. The van der Waals surface area contributed by atoms with Crippen LogP contribution < -0.4 is 10.4 Å². The van der Waals surface area contributed by atoms with Crippen LogP contribution in [0.15, 0.2) is 60.7 Å². The standard InChI is InChI=1S/C27H36O7Si/c1-19(28)32-23-17-24(26(30-6)33-20(2)29)34-25(23)18-31-35(27(3,4)5,21-13-9-7-10-14-21)22-15-11-8-12-16-22/h7-16,23-26H,17-18H2,1-6H3/t23-,24-,25+,26-/m0/s1. The molecule has 35 heavy (non-hydrogen) atoms. The molecule has 2 aromatic rings. The van der Waals surface area contributed by atoms with Crippen molar-refractivity contribution >= 4 is 30.6 Å². The highest BCUT2D eigenvalue weighted by Gasteiger charge is 2.52. The third-order valence-corrected chi connectivity index (χ3v) is 11.2. The Balaban J connectivity index is 1.95. The number of hydrogen-bond donors (Lipinski definition) is 0. The Morgan fingerprint density at radius 3 is 1.94 bits per heavy atom. The van der Waals surface area contributed by atoms with Crippen LogP contribution >= 0.6 is 0 Å². The normalized spacial score (nSPS) is 21.4. The van der Waals surface area contributed by atoms with Crippen molar-refractivity contribution in [3.05, 3.63) is 60.7 Å². The molecule has 0 N–H and O–H groups in total. The summed E-state index contributed by atoms with van der Waals surface area (Å²) in [5.41, 5.74) is 0. The monoisotopic (exact) mass is 500 g/mol. The van der Waals surface area contributed by atoms with Crippen LogP contribution in [0, 0.1) is 0 Å². The Kier molecular flexibility index (Phi) is 8.88. The lowest BCUT2D eigenvalue weighted by Gasteiger charge is -2.43.